The molecule has 11 heteroatoms. The number of hydrogen-bond acceptors (Lipinski definition) is 6. The van der Waals surface area contributed by atoms with E-state index in [1.807, 2.05) is 6.92 Å². The molecule has 7 nitrogen and oxygen atoms in total. The Balaban J connectivity index is 3.13. The SMILES string of the molecule is CCCCCc1cc(OS(=O)(=O)C(F)(F)F)nn1C(=O)OC(C)(C)C. The van der Waals surface area contributed by atoms with Crippen molar-refractivity contribution in [2.45, 2.75) is 64.5 Å². The van der Waals surface area contributed by atoms with Gasteiger partial charge in [0.2, 0.25) is 0 Å². The molecule has 144 valence electrons. The predicted molar refractivity (Wildman–Crippen MR) is 82.7 cm³/mol. The summed E-state index contributed by atoms with van der Waals surface area (Å²) in [7, 11) is -5.87. The number of halogens is 3. The minimum atomic E-state index is -5.87. The normalized spacial score (nSPS) is 12.9. The van der Waals surface area contributed by atoms with Crippen molar-refractivity contribution in [2.24, 2.45) is 0 Å². The molecule has 0 aliphatic heterocycles. The van der Waals surface area contributed by atoms with Crippen LogP contribution in [0.1, 0.15) is 52.7 Å². The Morgan fingerprint density at radius 3 is 2.32 bits per heavy atom. The third kappa shape index (κ3) is 6.22. The Hall–Kier alpha value is -1.78. The van der Waals surface area contributed by atoms with Gasteiger partial charge in [0.1, 0.15) is 5.60 Å². The van der Waals surface area contributed by atoms with Gasteiger partial charge in [-0.1, -0.05) is 19.8 Å². The maximum atomic E-state index is 12.4. The second-order valence-electron chi connectivity index (χ2n) is 6.31. The van der Waals surface area contributed by atoms with Gasteiger partial charge in [-0.3, -0.25) is 0 Å². The smallest absolute Gasteiger partial charge is 0.442 e. The molecule has 0 aliphatic carbocycles. The summed E-state index contributed by atoms with van der Waals surface area (Å²) in [6.07, 6.45) is 1.70. The standard InChI is InChI=1S/C14H21F3N2O5S/c1-5-6-7-8-10-9-11(24-25(21,22)14(15,16)17)18-19(10)12(20)23-13(2,3)4/h9H,5-8H2,1-4H3. The number of carbonyl (C=O) groups is 1. The monoisotopic (exact) mass is 386 g/mol. The quantitative estimate of drug-likeness (QED) is 0.421. The first-order valence-corrected chi connectivity index (χ1v) is 9.00. The van der Waals surface area contributed by atoms with Gasteiger partial charge < -0.3 is 8.92 Å². The Labute approximate surface area is 144 Å². The minimum Gasteiger partial charge on any atom is -0.442 e. The van der Waals surface area contributed by atoms with E-state index in [4.69, 9.17) is 4.74 Å². The number of unbranched alkanes of at least 4 members (excludes halogenated alkanes) is 2. The lowest BCUT2D eigenvalue weighted by atomic mass is 10.1. The number of alkyl halides is 3. The van der Waals surface area contributed by atoms with Gasteiger partial charge in [-0.15, -0.1) is 5.10 Å². The highest BCUT2D eigenvalue weighted by atomic mass is 32.2. The van der Waals surface area contributed by atoms with Gasteiger partial charge in [0.15, 0.2) is 0 Å². The summed E-state index contributed by atoms with van der Waals surface area (Å²) in [6, 6.07) is 0.989. The Morgan fingerprint density at radius 1 is 1.24 bits per heavy atom. The van der Waals surface area contributed by atoms with Gasteiger partial charge in [0.25, 0.3) is 5.88 Å². The molecular weight excluding hydrogens is 365 g/mol. The van der Waals surface area contributed by atoms with Crippen LogP contribution in [0, 0.1) is 0 Å². The molecule has 0 fully saturated rings. The molecule has 0 radical (unpaired) electrons. The fourth-order valence-corrected chi connectivity index (χ4v) is 2.19. The van der Waals surface area contributed by atoms with E-state index >= 15 is 0 Å². The lowest BCUT2D eigenvalue weighted by molar-refractivity contribution is -0.0501. The zero-order valence-electron chi connectivity index (χ0n) is 14.4. The van der Waals surface area contributed by atoms with Gasteiger partial charge in [-0.05, 0) is 33.6 Å². The van der Waals surface area contributed by atoms with Crippen molar-refractivity contribution in [3.05, 3.63) is 11.8 Å². The summed E-state index contributed by atoms with van der Waals surface area (Å²) in [5.74, 6) is -0.838. The largest absolute Gasteiger partial charge is 0.534 e. The second-order valence-corrected chi connectivity index (χ2v) is 7.84. The van der Waals surface area contributed by atoms with Crippen LogP contribution in [0.2, 0.25) is 0 Å². The number of aryl methyl sites for hydroxylation is 1. The first-order valence-electron chi connectivity index (χ1n) is 7.60. The van der Waals surface area contributed by atoms with E-state index in [-0.39, 0.29) is 5.69 Å². The topological polar surface area (TPSA) is 87.5 Å². The molecule has 0 bridgehead atoms. The Kier molecular flexibility index (Phi) is 6.49. The van der Waals surface area contributed by atoms with Crippen molar-refractivity contribution < 1.29 is 35.3 Å². The first-order chi connectivity index (χ1) is 11.3. The maximum absolute atomic E-state index is 12.4. The summed E-state index contributed by atoms with van der Waals surface area (Å²) in [5.41, 5.74) is -6.25. The summed E-state index contributed by atoms with van der Waals surface area (Å²) < 4.78 is 69.2. The maximum Gasteiger partial charge on any atom is 0.534 e. The molecule has 25 heavy (non-hydrogen) atoms. The van der Waals surface area contributed by atoms with Crippen LogP contribution in [0.5, 0.6) is 5.88 Å². The zero-order valence-corrected chi connectivity index (χ0v) is 15.2. The lowest BCUT2D eigenvalue weighted by Gasteiger charge is -2.19. The minimum absolute atomic E-state index is 0.204. The van der Waals surface area contributed by atoms with E-state index in [0.717, 1.165) is 23.6 Å². The van der Waals surface area contributed by atoms with E-state index in [1.165, 1.54) is 0 Å². The van der Waals surface area contributed by atoms with Crippen molar-refractivity contribution in [3.8, 4) is 5.88 Å². The molecule has 0 unspecified atom stereocenters. The van der Waals surface area contributed by atoms with Crippen LogP contribution >= 0.6 is 0 Å². The molecule has 0 N–H and O–H groups in total. The number of carbonyl (C=O) groups excluding carboxylic acids is 1. The Bertz CT molecular complexity index is 705. The van der Waals surface area contributed by atoms with Crippen molar-refractivity contribution in [1.29, 1.82) is 0 Å². The van der Waals surface area contributed by atoms with Gasteiger partial charge in [-0.2, -0.15) is 26.3 Å². The number of nitrogens with zero attached hydrogens (tertiary/aromatic N) is 2. The highest BCUT2D eigenvalue weighted by Crippen LogP contribution is 2.27. The van der Waals surface area contributed by atoms with Crippen LogP contribution in [0.3, 0.4) is 0 Å². The van der Waals surface area contributed by atoms with E-state index in [2.05, 4.69) is 9.28 Å². The molecule has 0 spiro atoms. The summed E-state index contributed by atoms with van der Waals surface area (Å²) in [5, 5.41) is 3.51. The average Bonchev–Trinajstić information content (AvgIpc) is 2.78. The van der Waals surface area contributed by atoms with Crippen molar-refractivity contribution in [1.82, 2.24) is 9.78 Å². The van der Waals surface area contributed by atoms with Crippen LogP contribution < -0.4 is 4.18 Å². The molecule has 0 amide bonds. The van der Waals surface area contributed by atoms with Crippen LogP contribution in [-0.2, 0) is 21.3 Å². The van der Waals surface area contributed by atoms with Crippen LogP contribution in [-0.4, -0.2) is 35.4 Å². The van der Waals surface area contributed by atoms with Crippen molar-refractivity contribution >= 4 is 16.2 Å². The molecule has 0 saturated heterocycles. The summed E-state index contributed by atoms with van der Waals surface area (Å²) in [4.78, 5) is 12.1. The molecule has 0 aliphatic rings. The molecule has 1 rings (SSSR count). The van der Waals surface area contributed by atoms with Gasteiger partial charge in [-0.25, -0.2) is 4.79 Å². The van der Waals surface area contributed by atoms with Crippen molar-refractivity contribution in [2.75, 3.05) is 0 Å². The van der Waals surface area contributed by atoms with E-state index < -0.39 is 33.2 Å². The van der Waals surface area contributed by atoms with E-state index in [9.17, 15) is 26.4 Å². The van der Waals surface area contributed by atoms with E-state index in [0.29, 0.717) is 12.8 Å². The van der Waals surface area contributed by atoms with Gasteiger partial charge in [0, 0.05) is 6.07 Å². The highest BCUT2D eigenvalue weighted by Gasteiger charge is 2.49. The number of rotatable bonds is 6. The molecule has 0 saturated carbocycles. The molecule has 1 aromatic heterocycles. The van der Waals surface area contributed by atoms with Crippen LogP contribution in [0.4, 0.5) is 18.0 Å². The van der Waals surface area contributed by atoms with Crippen molar-refractivity contribution in [3.63, 3.8) is 0 Å². The lowest BCUT2D eigenvalue weighted by Crippen LogP contribution is -2.29. The summed E-state index contributed by atoms with van der Waals surface area (Å²) >= 11 is 0. The van der Waals surface area contributed by atoms with Crippen LogP contribution in [0.15, 0.2) is 6.07 Å². The zero-order chi connectivity index (χ0) is 19.5. The molecule has 1 heterocycles. The van der Waals surface area contributed by atoms with Crippen LogP contribution in [0.25, 0.3) is 0 Å². The molecule has 1 aromatic rings. The fraction of sp³-hybridized carbons (Fsp3) is 0.714. The number of hydrogen-bond donors (Lipinski definition) is 0. The third-order valence-corrected chi connectivity index (χ3v) is 3.80. The van der Waals surface area contributed by atoms with E-state index in [1.54, 1.807) is 20.8 Å². The first kappa shape index (κ1) is 21.3. The predicted octanol–water partition coefficient (Wildman–Crippen LogP) is 3.63. The Morgan fingerprint density at radius 2 is 1.84 bits per heavy atom. The third-order valence-electron chi connectivity index (χ3n) is 2.84. The summed E-state index contributed by atoms with van der Waals surface area (Å²) in [6.45, 7) is 6.78. The molecular formula is C14H21F3N2O5S. The fourth-order valence-electron chi connectivity index (χ4n) is 1.79. The molecule has 0 atom stereocenters. The number of aromatic nitrogens is 2. The van der Waals surface area contributed by atoms with Gasteiger partial charge >= 0.3 is 21.7 Å². The average molecular weight is 386 g/mol. The van der Waals surface area contributed by atoms with Gasteiger partial charge in [0.05, 0.1) is 5.69 Å². The molecule has 0 aromatic carbocycles. The second kappa shape index (κ2) is 7.63. The highest BCUT2D eigenvalue weighted by molar-refractivity contribution is 7.87. The number of ether oxygens (including phenoxy) is 1.